The van der Waals surface area contributed by atoms with Crippen molar-refractivity contribution in [3.05, 3.63) is 0 Å². The predicted molar refractivity (Wildman–Crippen MR) is 79.7 cm³/mol. The topological polar surface area (TPSA) is 26.3 Å². The minimum absolute atomic E-state index is 0.0424. The third-order valence-corrected chi connectivity index (χ3v) is 6.11. The van der Waals surface area contributed by atoms with E-state index in [0.29, 0.717) is 14.5 Å². The van der Waals surface area contributed by atoms with Crippen LogP contribution in [0.2, 0.25) is 0 Å². The molecule has 0 radical (unpaired) electrons. The number of rotatable bonds is 6. The molecule has 2 unspecified atom stereocenters. The standard InChI is InChI=1S/C15H29O2P/c1-6-9-14(4,18-5)13(16)17-15(12(2)3)10-7-8-11-15/h12,18H,6-11H2,1-5H3. The molecule has 0 aromatic heterocycles. The minimum atomic E-state index is -0.265. The van der Waals surface area contributed by atoms with Gasteiger partial charge in [-0.25, -0.2) is 0 Å². The van der Waals surface area contributed by atoms with Crippen molar-refractivity contribution in [2.45, 2.75) is 77.0 Å². The van der Waals surface area contributed by atoms with E-state index in [2.05, 4.69) is 34.4 Å². The normalized spacial score (nSPS) is 22.6. The summed E-state index contributed by atoms with van der Waals surface area (Å²) in [7, 11) is 0.617. The van der Waals surface area contributed by atoms with Crippen molar-refractivity contribution < 1.29 is 9.53 Å². The molecule has 3 heteroatoms. The van der Waals surface area contributed by atoms with Crippen molar-refractivity contribution in [3.63, 3.8) is 0 Å². The number of ether oxygens (including phenoxy) is 1. The molecule has 2 nitrogen and oxygen atoms in total. The van der Waals surface area contributed by atoms with Crippen molar-refractivity contribution in [1.82, 2.24) is 0 Å². The molecule has 0 aromatic rings. The Hall–Kier alpha value is -0.100. The lowest BCUT2D eigenvalue weighted by molar-refractivity contribution is -0.167. The number of hydrogen-bond donors (Lipinski definition) is 0. The van der Waals surface area contributed by atoms with Crippen LogP contribution in [-0.4, -0.2) is 23.4 Å². The van der Waals surface area contributed by atoms with Gasteiger partial charge in [0.1, 0.15) is 5.60 Å². The molecule has 0 heterocycles. The highest BCUT2D eigenvalue weighted by Crippen LogP contribution is 2.43. The van der Waals surface area contributed by atoms with Crippen LogP contribution in [-0.2, 0) is 9.53 Å². The third kappa shape index (κ3) is 3.26. The van der Waals surface area contributed by atoms with E-state index in [9.17, 15) is 4.79 Å². The summed E-state index contributed by atoms with van der Waals surface area (Å²) in [6.45, 7) is 10.7. The summed E-state index contributed by atoms with van der Waals surface area (Å²) in [6.07, 6.45) is 6.47. The number of carbonyl (C=O) groups excluding carboxylic acids is 1. The van der Waals surface area contributed by atoms with Gasteiger partial charge in [-0.05, 0) is 51.6 Å². The molecule has 1 fully saturated rings. The molecule has 1 saturated carbocycles. The van der Waals surface area contributed by atoms with Gasteiger partial charge < -0.3 is 4.74 Å². The molecular weight excluding hydrogens is 243 g/mol. The molecule has 1 aliphatic carbocycles. The fraction of sp³-hybridized carbons (Fsp3) is 0.933. The second kappa shape index (κ2) is 6.37. The Bertz CT molecular complexity index is 282. The van der Waals surface area contributed by atoms with Gasteiger partial charge in [0.2, 0.25) is 0 Å². The van der Waals surface area contributed by atoms with E-state index in [-0.39, 0.29) is 16.7 Å². The smallest absolute Gasteiger partial charge is 0.316 e. The van der Waals surface area contributed by atoms with E-state index in [1.165, 1.54) is 12.8 Å². The molecular formula is C15H29O2P. The molecule has 18 heavy (non-hydrogen) atoms. The lowest BCUT2D eigenvalue weighted by Crippen LogP contribution is -2.43. The maximum atomic E-state index is 12.5. The molecule has 0 saturated heterocycles. The average molecular weight is 272 g/mol. The van der Waals surface area contributed by atoms with Gasteiger partial charge in [0, 0.05) is 0 Å². The Morgan fingerprint density at radius 2 is 1.94 bits per heavy atom. The Labute approximate surface area is 114 Å². The number of carbonyl (C=O) groups is 1. The van der Waals surface area contributed by atoms with Crippen molar-refractivity contribution in [2.75, 3.05) is 6.66 Å². The van der Waals surface area contributed by atoms with Gasteiger partial charge in [-0.3, -0.25) is 4.79 Å². The second-order valence-electron chi connectivity index (χ2n) is 6.15. The summed E-state index contributed by atoms with van der Waals surface area (Å²) in [5, 5.41) is -0.265. The quantitative estimate of drug-likeness (QED) is 0.530. The summed E-state index contributed by atoms with van der Waals surface area (Å²) in [5.41, 5.74) is -0.175. The second-order valence-corrected chi connectivity index (χ2v) is 7.75. The first-order valence-corrected chi connectivity index (χ1v) is 8.82. The molecule has 106 valence electrons. The Morgan fingerprint density at radius 3 is 2.33 bits per heavy atom. The summed E-state index contributed by atoms with van der Waals surface area (Å²) in [6, 6.07) is 0. The highest BCUT2D eigenvalue weighted by atomic mass is 31.1. The number of esters is 1. The summed E-state index contributed by atoms with van der Waals surface area (Å²) < 4.78 is 6.04. The zero-order chi connectivity index (χ0) is 13.8. The highest BCUT2D eigenvalue weighted by Gasteiger charge is 2.44. The lowest BCUT2D eigenvalue weighted by atomic mass is 9.88. The van der Waals surface area contributed by atoms with Gasteiger partial charge in [-0.1, -0.05) is 27.2 Å². The molecule has 0 bridgehead atoms. The van der Waals surface area contributed by atoms with Crippen LogP contribution >= 0.6 is 8.58 Å². The van der Waals surface area contributed by atoms with Crippen molar-refractivity contribution in [2.24, 2.45) is 5.92 Å². The SMILES string of the molecule is CCCC(C)(PC)C(=O)OC1(C(C)C)CCCC1. The zero-order valence-electron chi connectivity index (χ0n) is 12.6. The van der Waals surface area contributed by atoms with Crippen LogP contribution in [0.4, 0.5) is 0 Å². The average Bonchev–Trinajstić information content (AvgIpc) is 2.79. The van der Waals surface area contributed by atoms with Gasteiger partial charge in [0.25, 0.3) is 0 Å². The van der Waals surface area contributed by atoms with Gasteiger partial charge in [-0.15, -0.1) is 8.58 Å². The van der Waals surface area contributed by atoms with Crippen LogP contribution in [0.15, 0.2) is 0 Å². The third-order valence-electron chi connectivity index (χ3n) is 4.55. The first-order chi connectivity index (χ1) is 8.40. The van der Waals surface area contributed by atoms with E-state index in [1.807, 2.05) is 0 Å². The lowest BCUT2D eigenvalue weighted by Gasteiger charge is -2.37. The molecule has 0 aliphatic heterocycles. The fourth-order valence-electron chi connectivity index (χ4n) is 2.90. The van der Waals surface area contributed by atoms with Crippen LogP contribution in [0.5, 0.6) is 0 Å². The monoisotopic (exact) mass is 272 g/mol. The molecule has 1 aliphatic rings. The van der Waals surface area contributed by atoms with Crippen molar-refractivity contribution in [1.29, 1.82) is 0 Å². The van der Waals surface area contributed by atoms with E-state index in [1.54, 1.807) is 0 Å². The zero-order valence-corrected chi connectivity index (χ0v) is 13.6. The highest BCUT2D eigenvalue weighted by molar-refractivity contribution is 7.40. The van der Waals surface area contributed by atoms with E-state index >= 15 is 0 Å². The van der Waals surface area contributed by atoms with E-state index in [4.69, 9.17) is 4.74 Å². The first-order valence-electron chi connectivity index (χ1n) is 7.32. The molecule has 0 aromatic carbocycles. The fourth-order valence-corrected chi connectivity index (χ4v) is 3.65. The maximum Gasteiger partial charge on any atom is 0.316 e. The van der Waals surface area contributed by atoms with Crippen LogP contribution in [0.3, 0.4) is 0 Å². The molecule has 0 amide bonds. The predicted octanol–water partition coefficient (Wildman–Crippen LogP) is 4.37. The van der Waals surface area contributed by atoms with Gasteiger partial charge in [0.05, 0.1) is 5.16 Å². The molecule has 1 rings (SSSR count). The molecule has 0 spiro atoms. The van der Waals surface area contributed by atoms with E-state index in [0.717, 1.165) is 25.7 Å². The largest absolute Gasteiger partial charge is 0.458 e. The molecule has 0 N–H and O–H groups in total. The Kier molecular flexibility index (Phi) is 5.65. The van der Waals surface area contributed by atoms with Crippen LogP contribution < -0.4 is 0 Å². The van der Waals surface area contributed by atoms with Gasteiger partial charge in [0.15, 0.2) is 0 Å². The minimum Gasteiger partial charge on any atom is -0.458 e. The first kappa shape index (κ1) is 16.0. The summed E-state index contributed by atoms with van der Waals surface area (Å²) in [5.74, 6) is 0.468. The van der Waals surface area contributed by atoms with Crippen LogP contribution in [0.25, 0.3) is 0 Å². The van der Waals surface area contributed by atoms with Crippen molar-refractivity contribution in [3.8, 4) is 0 Å². The summed E-state index contributed by atoms with van der Waals surface area (Å²) >= 11 is 0. The molecule has 2 atom stereocenters. The van der Waals surface area contributed by atoms with Crippen LogP contribution in [0.1, 0.15) is 66.2 Å². The Balaban J connectivity index is 2.78. The van der Waals surface area contributed by atoms with E-state index < -0.39 is 0 Å². The maximum absolute atomic E-state index is 12.5. The van der Waals surface area contributed by atoms with Gasteiger partial charge in [-0.2, -0.15) is 0 Å². The van der Waals surface area contributed by atoms with Gasteiger partial charge >= 0.3 is 5.97 Å². The summed E-state index contributed by atoms with van der Waals surface area (Å²) in [4.78, 5) is 12.5. The van der Waals surface area contributed by atoms with Crippen LogP contribution in [0, 0.1) is 5.92 Å². The van der Waals surface area contributed by atoms with Crippen molar-refractivity contribution >= 4 is 14.6 Å². The number of hydrogen-bond acceptors (Lipinski definition) is 2. The Morgan fingerprint density at radius 1 is 1.39 bits per heavy atom.